The van der Waals surface area contributed by atoms with Gasteiger partial charge in [0.1, 0.15) is 5.75 Å². The van der Waals surface area contributed by atoms with Crippen molar-refractivity contribution in [3.63, 3.8) is 0 Å². The molecule has 3 atom stereocenters. The Morgan fingerprint density at radius 3 is 2.54 bits per heavy atom. The highest BCUT2D eigenvalue weighted by molar-refractivity contribution is 5.82. The first-order valence-electron chi connectivity index (χ1n) is 11.9. The highest BCUT2D eigenvalue weighted by Crippen LogP contribution is 2.44. The number of ether oxygens (including phenoxy) is 1. The van der Waals surface area contributed by atoms with Crippen LogP contribution in [-0.2, 0) is 11.2 Å². The molecule has 0 radical (unpaired) electrons. The number of rotatable bonds is 7. The highest BCUT2D eigenvalue weighted by Gasteiger charge is 2.34. The van der Waals surface area contributed by atoms with Gasteiger partial charge in [0.15, 0.2) is 0 Å². The van der Waals surface area contributed by atoms with Gasteiger partial charge in [-0.15, -0.1) is 13.2 Å². The Bertz CT molecular complexity index is 1190. The molecule has 0 spiro atoms. The van der Waals surface area contributed by atoms with Crippen molar-refractivity contribution >= 4 is 28.6 Å². The Kier molecular flexibility index (Phi) is 6.96. The molecule has 9 heteroatoms. The summed E-state index contributed by atoms with van der Waals surface area (Å²) in [5, 5.41) is 12.5. The number of aliphatic carboxylic acids is 1. The molecule has 1 aromatic heterocycles. The molecule has 35 heavy (non-hydrogen) atoms. The zero-order valence-electron chi connectivity index (χ0n) is 20.0. The van der Waals surface area contributed by atoms with Crippen molar-refractivity contribution in [2.45, 2.75) is 58.9 Å². The third-order valence-electron chi connectivity index (χ3n) is 6.77. The Balaban J connectivity index is 1.75. The van der Waals surface area contributed by atoms with E-state index in [4.69, 9.17) is 4.98 Å². The number of alkyl halides is 3. The third kappa shape index (κ3) is 5.89. The Hall–Kier alpha value is -3.23. The maximum Gasteiger partial charge on any atom is 0.573 e. The van der Waals surface area contributed by atoms with Gasteiger partial charge < -0.3 is 19.7 Å². The zero-order chi connectivity index (χ0) is 25.3. The van der Waals surface area contributed by atoms with Crippen molar-refractivity contribution in [1.82, 2.24) is 9.55 Å². The molecule has 0 bridgehead atoms. The van der Waals surface area contributed by atoms with Crippen molar-refractivity contribution in [2.75, 3.05) is 5.32 Å². The molecule has 6 nitrogen and oxygen atoms in total. The average molecular weight is 490 g/mol. The smallest absolute Gasteiger partial charge is 0.481 e. The first-order chi connectivity index (χ1) is 16.5. The van der Waals surface area contributed by atoms with Gasteiger partial charge in [0.25, 0.3) is 0 Å². The van der Waals surface area contributed by atoms with E-state index in [0.717, 1.165) is 24.8 Å². The lowest BCUT2D eigenvalue weighted by atomic mass is 9.74. The fourth-order valence-electron chi connectivity index (χ4n) is 5.17. The predicted molar refractivity (Wildman–Crippen MR) is 128 cm³/mol. The molecule has 188 valence electrons. The predicted octanol–water partition coefficient (Wildman–Crippen LogP) is 6.94. The van der Waals surface area contributed by atoms with Gasteiger partial charge in [0.05, 0.1) is 17.5 Å². The standard InChI is InChI=1S/C26H30F3N3O3/c1-15(2)20-10-4-16(3)12-23(20)32-22-11-5-17(14-24(33)34)13-21(22)31-25(32)30-18-6-8-19(9-7-18)35-26(27,28)29/h5-9,11,13,15-16,20,23H,4,10,12,14H2,1-3H3,(H,30,31)(H,33,34)/t16-,20-,23-/m1/s1. The van der Waals surface area contributed by atoms with Crippen molar-refractivity contribution in [3.05, 3.63) is 48.0 Å². The van der Waals surface area contributed by atoms with Crippen LogP contribution in [0.15, 0.2) is 42.5 Å². The van der Waals surface area contributed by atoms with Crippen LogP contribution in [0.25, 0.3) is 11.0 Å². The zero-order valence-corrected chi connectivity index (χ0v) is 20.0. The van der Waals surface area contributed by atoms with Gasteiger partial charge in [-0.3, -0.25) is 4.79 Å². The SMILES string of the molecule is CC(C)[C@H]1CC[C@@H](C)C[C@H]1n1c(Nc2ccc(OC(F)(F)F)cc2)nc2cc(CC(=O)O)ccc21. The lowest BCUT2D eigenvalue weighted by molar-refractivity contribution is -0.274. The number of anilines is 2. The van der Waals surface area contributed by atoms with Crippen LogP contribution in [0, 0.1) is 17.8 Å². The minimum Gasteiger partial charge on any atom is -0.481 e. The van der Waals surface area contributed by atoms with Gasteiger partial charge >= 0.3 is 12.3 Å². The summed E-state index contributed by atoms with van der Waals surface area (Å²) in [6.45, 7) is 6.70. The largest absolute Gasteiger partial charge is 0.573 e. The molecular weight excluding hydrogens is 459 g/mol. The minimum atomic E-state index is -4.75. The molecule has 0 aliphatic heterocycles. The number of nitrogens with one attached hydrogen (secondary N) is 1. The first kappa shape index (κ1) is 24.9. The second kappa shape index (κ2) is 9.79. The van der Waals surface area contributed by atoms with Crippen molar-refractivity contribution in [2.24, 2.45) is 17.8 Å². The van der Waals surface area contributed by atoms with Gasteiger partial charge in [-0.05, 0) is 72.6 Å². The van der Waals surface area contributed by atoms with E-state index in [1.54, 1.807) is 6.07 Å². The average Bonchev–Trinajstić information content (AvgIpc) is 3.10. The number of carbonyl (C=O) groups is 1. The molecule has 0 saturated heterocycles. The summed E-state index contributed by atoms with van der Waals surface area (Å²) < 4.78 is 43.7. The molecule has 1 saturated carbocycles. The quantitative estimate of drug-likeness (QED) is 0.376. The topological polar surface area (TPSA) is 76.4 Å². The summed E-state index contributed by atoms with van der Waals surface area (Å²) in [5.41, 5.74) is 2.83. The van der Waals surface area contributed by atoms with Gasteiger partial charge in [-0.1, -0.05) is 33.3 Å². The Morgan fingerprint density at radius 2 is 1.91 bits per heavy atom. The number of carboxylic acid groups (broad SMARTS) is 1. The molecule has 2 aromatic carbocycles. The summed E-state index contributed by atoms with van der Waals surface area (Å²) in [6, 6.07) is 11.3. The van der Waals surface area contributed by atoms with Crippen LogP contribution in [0.4, 0.5) is 24.8 Å². The summed E-state index contributed by atoms with van der Waals surface area (Å²) in [7, 11) is 0. The Morgan fingerprint density at radius 1 is 1.20 bits per heavy atom. The second-order valence-corrected chi connectivity index (χ2v) is 9.79. The summed E-state index contributed by atoms with van der Waals surface area (Å²) >= 11 is 0. The summed E-state index contributed by atoms with van der Waals surface area (Å²) in [4.78, 5) is 16.0. The first-order valence-corrected chi connectivity index (χ1v) is 11.9. The van der Waals surface area contributed by atoms with Gasteiger partial charge in [-0.2, -0.15) is 0 Å². The maximum atomic E-state index is 12.5. The monoisotopic (exact) mass is 489 g/mol. The van der Waals surface area contributed by atoms with E-state index in [9.17, 15) is 23.1 Å². The van der Waals surface area contributed by atoms with Crippen molar-refractivity contribution in [1.29, 1.82) is 0 Å². The van der Waals surface area contributed by atoms with E-state index < -0.39 is 12.3 Å². The van der Waals surface area contributed by atoms with E-state index in [0.29, 0.717) is 40.5 Å². The van der Waals surface area contributed by atoms with Crippen LogP contribution in [0.2, 0.25) is 0 Å². The van der Waals surface area contributed by atoms with Crippen LogP contribution in [0.3, 0.4) is 0 Å². The number of fused-ring (bicyclic) bond motifs is 1. The molecule has 1 heterocycles. The normalized spacial score (nSPS) is 20.8. The lowest BCUT2D eigenvalue weighted by Gasteiger charge is -2.39. The van der Waals surface area contributed by atoms with Gasteiger partial charge in [0, 0.05) is 11.7 Å². The van der Waals surface area contributed by atoms with Crippen LogP contribution in [0.1, 0.15) is 51.6 Å². The molecule has 2 N–H and O–H groups in total. The van der Waals surface area contributed by atoms with E-state index in [2.05, 4.69) is 35.4 Å². The fraction of sp³-hybridized carbons (Fsp3) is 0.462. The number of halogens is 3. The number of imidazole rings is 1. The van der Waals surface area contributed by atoms with Crippen molar-refractivity contribution in [3.8, 4) is 5.75 Å². The summed E-state index contributed by atoms with van der Waals surface area (Å²) in [5.74, 6) is 0.820. The lowest BCUT2D eigenvalue weighted by Crippen LogP contribution is -2.30. The minimum absolute atomic E-state index is 0.0959. The van der Waals surface area contributed by atoms with Crippen LogP contribution in [0.5, 0.6) is 5.75 Å². The third-order valence-corrected chi connectivity index (χ3v) is 6.77. The van der Waals surface area contributed by atoms with Gasteiger partial charge in [0.2, 0.25) is 5.95 Å². The van der Waals surface area contributed by atoms with Crippen LogP contribution in [-0.4, -0.2) is 27.0 Å². The van der Waals surface area contributed by atoms with E-state index >= 15 is 0 Å². The van der Waals surface area contributed by atoms with E-state index in [1.165, 1.54) is 24.3 Å². The van der Waals surface area contributed by atoms with Crippen molar-refractivity contribution < 1.29 is 27.8 Å². The highest BCUT2D eigenvalue weighted by atomic mass is 19.4. The van der Waals surface area contributed by atoms with Crippen LogP contribution >= 0.6 is 0 Å². The molecule has 0 unspecified atom stereocenters. The number of nitrogens with zero attached hydrogens (tertiary/aromatic N) is 2. The molecule has 1 aliphatic carbocycles. The number of carboxylic acids is 1. The Labute approximate surface area is 202 Å². The number of hydrogen-bond acceptors (Lipinski definition) is 4. The molecular formula is C26H30F3N3O3. The second-order valence-electron chi connectivity index (χ2n) is 9.79. The molecule has 1 aliphatic rings. The van der Waals surface area contributed by atoms with E-state index in [1.807, 2.05) is 12.1 Å². The maximum absolute atomic E-state index is 12.5. The van der Waals surface area contributed by atoms with Gasteiger partial charge in [-0.25, -0.2) is 4.98 Å². The number of hydrogen-bond donors (Lipinski definition) is 2. The summed E-state index contributed by atoms with van der Waals surface area (Å²) in [6.07, 6.45) is -1.60. The molecule has 0 amide bonds. The molecule has 4 rings (SSSR count). The molecule has 3 aromatic rings. The fourth-order valence-corrected chi connectivity index (χ4v) is 5.17. The molecule has 1 fully saturated rings. The number of benzene rings is 2. The number of aromatic nitrogens is 2. The van der Waals surface area contributed by atoms with Crippen LogP contribution < -0.4 is 10.1 Å². The van der Waals surface area contributed by atoms with E-state index in [-0.39, 0.29) is 18.2 Å².